The number of anilines is 2. The highest BCUT2D eigenvalue weighted by atomic mass is 32.1. The summed E-state index contributed by atoms with van der Waals surface area (Å²) in [5.74, 6) is 0.762. The smallest absolute Gasteiger partial charge is 0.244 e. The molecule has 7 nitrogen and oxygen atoms in total. The van der Waals surface area contributed by atoms with Gasteiger partial charge in [0.05, 0.1) is 0 Å². The molecule has 1 aliphatic carbocycles. The molecule has 3 N–H and O–H groups in total. The maximum absolute atomic E-state index is 12.5. The monoisotopic (exact) mass is 373 g/mol. The van der Waals surface area contributed by atoms with E-state index in [0.29, 0.717) is 16.1 Å². The van der Waals surface area contributed by atoms with Gasteiger partial charge in [-0.25, -0.2) is 0 Å². The van der Waals surface area contributed by atoms with E-state index in [1.54, 1.807) is 10.6 Å². The Bertz CT molecular complexity index is 882. The minimum absolute atomic E-state index is 0.0417. The summed E-state index contributed by atoms with van der Waals surface area (Å²) in [6.07, 6.45) is 3.57. The summed E-state index contributed by atoms with van der Waals surface area (Å²) in [7, 11) is 0. The molecular formula is C18H23N5O2S. The average molecular weight is 373 g/mol. The van der Waals surface area contributed by atoms with Gasteiger partial charge in [-0.15, -0.1) is 0 Å². The summed E-state index contributed by atoms with van der Waals surface area (Å²) in [6.45, 7) is 4.06. The van der Waals surface area contributed by atoms with Gasteiger partial charge >= 0.3 is 0 Å². The first-order chi connectivity index (χ1) is 12.5. The molecule has 0 unspecified atom stereocenters. The predicted octanol–water partition coefficient (Wildman–Crippen LogP) is 3.19. The van der Waals surface area contributed by atoms with Crippen LogP contribution in [0, 0.1) is 17.6 Å². The van der Waals surface area contributed by atoms with E-state index in [4.69, 9.17) is 12.2 Å². The third kappa shape index (κ3) is 4.37. The summed E-state index contributed by atoms with van der Waals surface area (Å²) >= 11 is 5.21. The molecule has 1 aromatic carbocycles. The molecule has 2 amide bonds. The van der Waals surface area contributed by atoms with Gasteiger partial charge in [0.15, 0.2) is 4.77 Å². The molecule has 0 aliphatic heterocycles. The summed E-state index contributed by atoms with van der Waals surface area (Å²) in [5, 5.41) is 12.7. The first kappa shape index (κ1) is 18.3. The largest absolute Gasteiger partial charge is 0.326 e. The Kier molecular flexibility index (Phi) is 5.51. The number of nitrogens with zero attached hydrogens (tertiary/aromatic N) is 2. The van der Waals surface area contributed by atoms with E-state index < -0.39 is 0 Å². The van der Waals surface area contributed by atoms with E-state index in [-0.39, 0.29) is 24.3 Å². The van der Waals surface area contributed by atoms with Crippen molar-refractivity contribution < 1.29 is 9.59 Å². The number of aromatic amines is 1. The molecule has 138 valence electrons. The summed E-state index contributed by atoms with van der Waals surface area (Å²) in [5.41, 5.74) is 2.29. The maximum Gasteiger partial charge on any atom is 0.244 e. The fourth-order valence-corrected chi connectivity index (χ4v) is 2.90. The van der Waals surface area contributed by atoms with Gasteiger partial charge in [0.1, 0.15) is 12.4 Å². The van der Waals surface area contributed by atoms with E-state index in [2.05, 4.69) is 20.8 Å². The van der Waals surface area contributed by atoms with E-state index in [9.17, 15) is 9.59 Å². The Morgan fingerprint density at radius 2 is 2.12 bits per heavy atom. The van der Waals surface area contributed by atoms with Gasteiger partial charge in [0, 0.05) is 23.7 Å². The van der Waals surface area contributed by atoms with E-state index in [0.717, 1.165) is 37.1 Å². The van der Waals surface area contributed by atoms with Crippen molar-refractivity contribution in [1.82, 2.24) is 14.8 Å². The zero-order chi connectivity index (χ0) is 18.7. The van der Waals surface area contributed by atoms with Crippen LogP contribution in [-0.2, 0) is 22.6 Å². The number of hydrogen-bond acceptors (Lipinski definition) is 4. The van der Waals surface area contributed by atoms with Gasteiger partial charge in [-0.1, -0.05) is 13.0 Å². The second-order valence-corrected chi connectivity index (χ2v) is 7.01. The molecule has 1 saturated carbocycles. The van der Waals surface area contributed by atoms with Gasteiger partial charge < -0.3 is 10.6 Å². The SMILES string of the molecule is CCCc1n[nH]c(=S)n1CC(=O)Nc1cc(NC(=O)C2CC2)ccc1C. The van der Waals surface area contributed by atoms with Crippen LogP contribution in [0.5, 0.6) is 0 Å². The molecule has 8 heteroatoms. The average Bonchev–Trinajstić information content (AvgIpc) is 3.40. The zero-order valence-corrected chi connectivity index (χ0v) is 15.8. The Morgan fingerprint density at radius 3 is 2.81 bits per heavy atom. The van der Waals surface area contributed by atoms with Crippen molar-refractivity contribution in [3.63, 3.8) is 0 Å². The van der Waals surface area contributed by atoms with Gasteiger partial charge in [-0.3, -0.25) is 19.3 Å². The van der Waals surface area contributed by atoms with Crippen molar-refractivity contribution in [1.29, 1.82) is 0 Å². The third-order valence-corrected chi connectivity index (χ3v) is 4.65. The van der Waals surface area contributed by atoms with Crippen LogP contribution in [0.1, 0.15) is 37.6 Å². The molecule has 1 fully saturated rings. The molecule has 1 aromatic heterocycles. The summed E-state index contributed by atoms with van der Waals surface area (Å²) in [4.78, 5) is 24.4. The van der Waals surface area contributed by atoms with Crippen LogP contribution in [0.4, 0.5) is 11.4 Å². The molecule has 0 spiro atoms. The number of benzene rings is 1. The van der Waals surface area contributed by atoms with E-state index >= 15 is 0 Å². The molecular weight excluding hydrogens is 350 g/mol. The highest BCUT2D eigenvalue weighted by Gasteiger charge is 2.29. The van der Waals surface area contributed by atoms with Crippen molar-refractivity contribution in [2.24, 2.45) is 5.92 Å². The van der Waals surface area contributed by atoms with Gasteiger partial charge in [0.2, 0.25) is 11.8 Å². The molecule has 1 aliphatic rings. The highest BCUT2D eigenvalue weighted by molar-refractivity contribution is 7.71. The number of carbonyl (C=O) groups excluding carboxylic acids is 2. The van der Waals surface area contributed by atoms with E-state index in [1.165, 1.54) is 0 Å². The molecule has 3 rings (SSSR count). The van der Waals surface area contributed by atoms with Gasteiger partial charge in [-0.05, 0) is 56.1 Å². The Labute approximate surface area is 157 Å². The third-order valence-electron chi connectivity index (χ3n) is 4.34. The molecule has 0 bridgehead atoms. The molecule has 0 saturated heterocycles. The molecule has 26 heavy (non-hydrogen) atoms. The number of nitrogens with one attached hydrogen (secondary N) is 3. The fraction of sp³-hybridized carbons (Fsp3) is 0.444. The number of hydrogen-bond donors (Lipinski definition) is 3. The lowest BCUT2D eigenvalue weighted by molar-refractivity contribution is -0.117. The molecule has 2 aromatic rings. The number of H-pyrrole nitrogens is 1. The summed E-state index contributed by atoms with van der Waals surface area (Å²) in [6, 6.07) is 5.51. The van der Waals surface area contributed by atoms with Crippen molar-refractivity contribution in [3.8, 4) is 0 Å². The second-order valence-electron chi connectivity index (χ2n) is 6.62. The Hall–Kier alpha value is -2.48. The molecule has 0 radical (unpaired) electrons. The first-order valence-electron chi connectivity index (χ1n) is 8.83. The minimum Gasteiger partial charge on any atom is -0.326 e. The van der Waals surface area contributed by atoms with Crippen LogP contribution in [0.3, 0.4) is 0 Å². The van der Waals surface area contributed by atoms with Crippen molar-refractivity contribution in [2.75, 3.05) is 10.6 Å². The zero-order valence-electron chi connectivity index (χ0n) is 15.0. The number of carbonyl (C=O) groups is 2. The van der Waals surface area contributed by atoms with Gasteiger partial charge in [-0.2, -0.15) is 5.10 Å². The topological polar surface area (TPSA) is 91.8 Å². The predicted molar refractivity (Wildman–Crippen MR) is 103 cm³/mol. The lowest BCUT2D eigenvalue weighted by atomic mass is 10.1. The number of aryl methyl sites for hydroxylation is 2. The first-order valence-corrected chi connectivity index (χ1v) is 9.24. The Balaban J connectivity index is 1.69. The van der Waals surface area contributed by atoms with Crippen LogP contribution < -0.4 is 10.6 Å². The number of rotatable bonds is 7. The standard InChI is InChI=1S/C18H23N5O2S/c1-3-4-15-21-22-18(26)23(15)10-16(24)20-14-9-13(8-5-11(14)2)19-17(25)12-6-7-12/h5,8-9,12H,3-4,6-7,10H2,1-2H3,(H,19,25)(H,20,24)(H,22,26). The van der Waals surface area contributed by atoms with E-state index in [1.807, 2.05) is 26.0 Å². The Morgan fingerprint density at radius 1 is 1.35 bits per heavy atom. The lowest BCUT2D eigenvalue weighted by Gasteiger charge is -2.12. The van der Waals surface area contributed by atoms with Crippen molar-refractivity contribution in [3.05, 3.63) is 34.4 Å². The van der Waals surface area contributed by atoms with Crippen LogP contribution in [0.2, 0.25) is 0 Å². The fourth-order valence-electron chi connectivity index (χ4n) is 2.69. The lowest BCUT2D eigenvalue weighted by Crippen LogP contribution is -2.21. The minimum atomic E-state index is -0.186. The molecule has 1 heterocycles. The second kappa shape index (κ2) is 7.82. The highest BCUT2D eigenvalue weighted by Crippen LogP contribution is 2.30. The van der Waals surface area contributed by atoms with Crippen LogP contribution in [-0.4, -0.2) is 26.6 Å². The normalized spacial score (nSPS) is 13.5. The summed E-state index contributed by atoms with van der Waals surface area (Å²) < 4.78 is 2.15. The van der Waals surface area contributed by atoms with Crippen molar-refractivity contribution >= 4 is 35.4 Å². The van der Waals surface area contributed by atoms with Crippen molar-refractivity contribution in [2.45, 2.75) is 46.1 Å². The van der Waals surface area contributed by atoms with Crippen LogP contribution >= 0.6 is 12.2 Å². The number of aromatic nitrogens is 3. The maximum atomic E-state index is 12.5. The van der Waals surface area contributed by atoms with Gasteiger partial charge in [0.25, 0.3) is 0 Å². The van der Waals surface area contributed by atoms with Crippen LogP contribution in [0.15, 0.2) is 18.2 Å². The number of amides is 2. The molecule has 0 atom stereocenters. The van der Waals surface area contributed by atoms with Crippen LogP contribution in [0.25, 0.3) is 0 Å². The quantitative estimate of drug-likeness (QED) is 0.650.